The Morgan fingerprint density at radius 3 is 2.59 bits per heavy atom. The van der Waals surface area contributed by atoms with E-state index in [1.807, 2.05) is 0 Å². The zero-order chi connectivity index (χ0) is 12.8. The minimum atomic E-state index is 0.285. The molecule has 0 amide bonds. The van der Waals surface area contributed by atoms with Gasteiger partial charge in [-0.05, 0) is 51.6 Å². The third kappa shape index (κ3) is 4.94. The summed E-state index contributed by atoms with van der Waals surface area (Å²) in [5, 5.41) is 12.8. The Morgan fingerprint density at radius 1 is 1.35 bits per heavy atom. The van der Waals surface area contributed by atoms with Crippen molar-refractivity contribution in [3.63, 3.8) is 0 Å². The van der Waals surface area contributed by atoms with E-state index in [1.165, 1.54) is 25.9 Å². The molecule has 1 aliphatic rings. The molecule has 0 radical (unpaired) electrons. The highest BCUT2D eigenvalue weighted by Crippen LogP contribution is 2.20. The minimum Gasteiger partial charge on any atom is -0.396 e. The molecule has 17 heavy (non-hydrogen) atoms. The van der Waals surface area contributed by atoms with E-state index in [2.05, 4.69) is 38.0 Å². The van der Waals surface area contributed by atoms with Gasteiger partial charge in [0.1, 0.15) is 0 Å². The molecule has 0 aromatic carbocycles. The molecular weight excluding hydrogens is 212 g/mol. The molecular formula is C14H30N2O. The van der Waals surface area contributed by atoms with Gasteiger partial charge < -0.3 is 15.3 Å². The van der Waals surface area contributed by atoms with Gasteiger partial charge in [-0.15, -0.1) is 0 Å². The topological polar surface area (TPSA) is 35.5 Å². The summed E-state index contributed by atoms with van der Waals surface area (Å²) >= 11 is 0. The quantitative estimate of drug-likeness (QED) is 0.744. The Balaban J connectivity index is 2.42. The van der Waals surface area contributed by atoms with Crippen LogP contribution in [0.4, 0.5) is 0 Å². The summed E-state index contributed by atoms with van der Waals surface area (Å²) in [6, 6.07) is 0.999. The van der Waals surface area contributed by atoms with Crippen molar-refractivity contribution in [3.05, 3.63) is 0 Å². The summed E-state index contributed by atoms with van der Waals surface area (Å²) in [4.78, 5) is 2.43. The average Bonchev–Trinajstić information content (AvgIpc) is 2.28. The molecule has 3 nitrogen and oxygen atoms in total. The van der Waals surface area contributed by atoms with Crippen molar-refractivity contribution in [3.8, 4) is 0 Å². The number of likely N-dealkylation sites (tertiary alicyclic amines) is 1. The highest BCUT2D eigenvalue weighted by atomic mass is 16.3. The fourth-order valence-corrected chi connectivity index (χ4v) is 2.84. The molecule has 0 aliphatic carbocycles. The van der Waals surface area contributed by atoms with Gasteiger partial charge in [0.05, 0.1) is 0 Å². The Labute approximate surface area is 107 Å². The van der Waals surface area contributed by atoms with E-state index in [-0.39, 0.29) is 6.61 Å². The van der Waals surface area contributed by atoms with Crippen molar-refractivity contribution < 1.29 is 5.11 Å². The monoisotopic (exact) mass is 242 g/mol. The first kappa shape index (κ1) is 14.9. The molecule has 1 aliphatic heterocycles. The fraction of sp³-hybridized carbons (Fsp3) is 1.00. The number of aliphatic hydroxyl groups is 1. The van der Waals surface area contributed by atoms with E-state index in [9.17, 15) is 0 Å². The van der Waals surface area contributed by atoms with Gasteiger partial charge in [0.25, 0.3) is 0 Å². The normalized spacial score (nSPS) is 26.1. The van der Waals surface area contributed by atoms with Gasteiger partial charge in [-0.2, -0.15) is 0 Å². The number of hydrogen-bond donors (Lipinski definition) is 2. The summed E-state index contributed by atoms with van der Waals surface area (Å²) in [6.45, 7) is 9.50. The van der Waals surface area contributed by atoms with Crippen LogP contribution in [0.1, 0.15) is 40.0 Å². The highest BCUT2D eigenvalue weighted by molar-refractivity contribution is 4.82. The first-order chi connectivity index (χ1) is 8.04. The molecule has 1 saturated heterocycles. The maximum atomic E-state index is 9.10. The lowest BCUT2D eigenvalue weighted by atomic mass is 9.90. The van der Waals surface area contributed by atoms with Crippen molar-refractivity contribution in [2.24, 2.45) is 11.8 Å². The minimum absolute atomic E-state index is 0.285. The van der Waals surface area contributed by atoms with Gasteiger partial charge in [-0.3, -0.25) is 0 Å². The van der Waals surface area contributed by atoms with E-state index in [4.69, 9.17) is 5.11 Å². The summed E-state index contributed by atoms with van der Waals surface area (Å²) in [5.74, 6) is 1.35. The van der Waals surface area contributed by atoms with Crippen LogP contribution in [-0.2, 0) is 0 Å². The van der Waals surface area contributed by atoms with Crippen LogP contribution in [0.2, 0.25) is 0 Å². The van der Waals surface area contributed by atoms with Crippen molar-refractivity contribution in [2.75, 3.05) is 26.7 Å². The van der Waals surface area contributed by atoms with Crippen LogP contribution in [0.15, 0.2) is 0 Å². The van der Waals surface area contributed by atoms with Crippen molar-refractivity contribution in [1.29, 1.82) is 0 Å². The van der Waals surface area contributed by atoms with Gasteiger partial charge >= 0.3 is 0 Å². The lowest BCUT2D eigenvalue weighted by Crippen LogP contribution is -2.48. The molecule has 1 rings (SSSR count). The molecule has 1 fully saturated rings. The summed E-state index contributed by atoms with van der Waals surface area (Å²) in [5.41, 5.74) is 0. The third-order valence-electron chi connectivity index (χ3n) is 4.09. The largest absolute Gasteiger partial charge is 0.396 e. The second-order valence-electron chi connectivity index (χ2n) is 5.98. The molecule has 2 N–H and O–H groups in total. The van der Waals surface area contributed by atoms with Crippen molar-refractivity contribution >= 4 is 0 Å². The maximum absolute atomic E-state index is 9.10. The third-order valence-corrected chi connectivity index (χ3v) is 4.09. The highest BCUT2D eigenvalue weighted by Gasteiger charge is 2.25. The van der Waals surface area contributed by atoms with Crippen LogP contribution in [-0.4, -0.2) is 48.8 Å². The molecule has 0 spiro atoms. The smallest absolute Gasteiger partial charge is 0.0445 e. The Morgan fingerprint density at radius 2 is 2.06 bits per heavy atom. The van der Waals surface area contributed by atoms with Crippen LogP contribution < -0.4 is 5.32 Å². The lowest BCUT2D eigenvalue weighted by Gasteiger charge is -2.36. The molecule has 0 aromatic rings. The summed E-state index contributed by atoms with van der Waals surface area (Å²) in [7, 11) is 2.21. The molecule has 0 bridgehead atoms. The predicted molar refractivity (Wildman–Crippen MR) is 73.1 cm³/mol. The van der Waals surface area contributed by atoms with Crippen LogP contribution in [0.5, 0.6) is 0 Å². The number of hydrogen-bond acceptors (Lipinski definition) is 3. The zero-order valence-electron chi connectivity index (χ0n) is 11.9. The second kappa shape index (κ2) is 7.34. The lowest BCUT2D eigenvalue weighted by molar-refractivity contribution is 0.159. The van der Waals surface area contributed by atoms with Crippen LogP contribution in [0.3, 0.4) is 0 Å². The first-order valence-corrected chi connectivity index (χ1v) is 7.10. The molecule has 3 atom stereocenters. The predicted octanol–water partition coefficient (Wildman–Crippen LogP) is 1.71. The van der Waals surface area contributed by atoms with Gasteiger partial charge in [0, 0.05) is 25.2 Å². The molecule has 1 heterocycles. The van der Waals surface area contributed by atoms with E-state index in [0.717, 1.165) is 12.3 Å². The number of nitrogens with zero attached hydrogens (tertiary/aromatic N) is 1. The van der Waals surface area contributed by atoms with Gasteiger partial charge in [-0.25, -0.2) is 0 Å². The Kier molecular flexibility index (Phi) is 6.45. The summed E-state index contributed by atoms with van der Waals surface area (Å²) in [6.07, 6.45) is 3.52. The molecule has 0 aromatic heterocycles. The van der Waals surface area contributed by atoms with E-state index in [1.54, 1.807) is 0 Å². The first-order valence-electron chi connectivity index (χ1n) is 7.10. The number of piperidine rings is 1. The average molecular weight is 242 g/mol. The van der Waals surface area contributed by atoms with E-state index < -0.39 is 0 Å². The number of nitrogens with one attached hydrogen (secondary N) is 1. The van der Waals surface area contributed by atoms with E-state index in [0.29, 0.717) is 18.0 Å². The van der Waals surface area contributed by atoms with Gasteiger partial charge in [0.2, 0.25) is 0 Å². The SMILES string of the molecule is CC(C)C(CCO)NC(C)C1CCCN(C)C1. The maximum Gasteiger partial charge on any atom is 0.0445 e. The van der Waals surface area contributed by atoms with Crippen LogP contribution in [0, 0.1) is 11.8 Å². The second-order valence-corrected chi connectivity index (χ2v) is 5.98. The van der Waals surface area contributed by atoms with Gasteiger partial charge in [0.15, 0.2) is 0 Å². The zero-order valence-corrected chi connectivity index (χ0v) is 11.9. The van der Waals surface area contributed by atoms with Crippen LogP contribution >= 0.6 is 0 Å². The fourth-order valence-electron chi connectivity index (χ4n) is 2.84. The molecule has 3 unspecified atom stereocenters. The van der Waals surface area contributed by atoms with Crippen LogP contribution in [0.25, 0.3) is 0 Å². The van der Waals surface area contributed by atoms with E-state index >= 15 is 0 Å². The number of rotatable bonds is 6. The Bertz CT molecular complexity index is 208. The van der Waals surface area contributed by atoms with Crippen molar-refractivity contribution in [2.45, 2.75) is 52.1 Å². The molecule has 3 heteroatoms. The van der Waals surface area contributed by atoms with Gasteiger partial charge in [-0.1, -0.05) is 13.8 Å². The molecule has 0 saturated carbocycles. The Hall–Kier alpha value is -0.120. The molecule has 102 valence electrons. The number of aliphatic hydroxyl groups excluding tert-OH is 1. The standard InChI is InChI=1S/C14H30N2O/c1-11(2)14(7-9-17)15-12(3)13-6-5-8-16(4)10-13/h11-15,17H,5-10H2,1-4H3. The summed E-state index contributed by atoms with van der Waals surface area (Å²) < 4.78 is 0. The van der Waals surface area contributed by atoms with Crippen molar-refractivity contribution in [1.82, 2.24) is 10.2 Å².